The summed E-state index contributed by atoms with van der Waals surface area (Å²) < 4.78 is 0. The van der Waals surface area contributed by atoms with Crippen LogP contribution in [0.15, 0.2) is 102 Å². The molecule has 1 nitrogen and oxygen atoms in total. The van der Waals surface area contributed by atoms with Gasteiger partial charge in [0.05, 0.1) is 5.92 Å². The zero-order valence-electron chi connectivity index (χ0n) is 20.1. The second-order valence-electron chi connectivity index (χ2n) is 10.0. The largest absolute Gasteiger partial charge is 0.294 e. The van der Waals surface area contributed by atoms with Crippen LogP contribution in [0.5, 0.6) is 0 Å². The number of benzene rings is 2. The summed E-state index contributed by atoms with van der Waals surface area (Å²) in [4.78, 5) is 12.5. The summed E-state index contributed by atoms with van der Waals surface area (Å²) in [5.74, 6) is 1.61. The predicted molar refractivity (Wildman–Crippen MR) is 141 cm³/mol. The minimum Gasteiger partial charge on any atom is -0.294 e. The molecule has 0 bridgehead atoms. The molecular weight excluding hydrogens is 400 g/mol. The van der Waals surface area contributed by atoms with Crippen molar-refractivity contribution < 1.29 is 6.22 Å². The summed E-state index contributed by atoms with van der Waals surface area (Å²) in [5.41, 5.74) is 7.31. The van der Waals surface area contributed by atoms with Crippen molar-refractivity contribution in [2.24, 2.45) is 11.8 Å². The van der Waals surface area contributed by atoms with E-state index in [0.717, 1.165) is 29.4 Å². The summed E-state index contributed by atoms with van der Waals surface area (Å²) in [6, 6.07) is 19.5. The van der Waals surface area contributed by atoms with Crippen LogP contribution >= 0.6 is 0 Å². The minimum absolute atomic E-state index is 0. The lowest BCUT2D eigenvalue weighted by atomic mass is 9.79. The van der Waals surface area contributed by atoms with E-state index in [1.165, 1.54) is 47.9 Å². The molecule has 2 aliphatic rings. The van der Waals surface area contributed by atoms with Crippen LogP contribution < -0.4 is 0 Å². The molecule has 33 heavy (non-hydrogen) atoms. The summed E-state index contributed by atoms with van der Waals surface area (Å²) in [6.07, 6.45) is 14.9. The maximum absolute atomic E-state index is 12.5. The molecule has 0 N–H and O–H groups in total. The second kappa shape index (κ2) is 10.8. The number of ketones is 1. The Bertz CT molecular complexity index is 1060. The molecule has 1 unspecified atom stereocenters. The molecule has 0 amide bonds. The highest BCUT2D eigenvalue weighted by molar-refractivity contribution is 5.97. The van der Waals surface area contributed by atoms with Crippen molar-refractivity contribution in [2.45, 2.75) is 58.3 Å². The second-order valence-corrected chi connectivity index (χ2v) is 10.0. The SMILES string of the molecule is C=C1/C(=C\C=C(/C)Cc2ccc(C3CCC(C)CC3)cc2)C=CC(=O)C1Cc1ccccc1.[HH]. The summed E-state index contributed by atoms with van der Waals surface area (Å²) >= 11 is 0. The Kier molecular flexibility index (Phi) is 7.60. The van der Waals surface area contributed by atoms with Crippen LogP contribution in [0.1, 0.15) is 63.6 Å². The van der Waals surface area contributed by atoms with E-state index >= 15 is 0 Å². The van der Waals surface area contributed by atoms with E-state index in [4.69, 9.17) is 0 Å². The lowest BCUT2D eigenvalue weighted by molar-refractivity contribution is -0.117. The molecule has 1 heteroatoms. The molecule has 2 aliphatic carbocycles. The van der Waals surface area contributed by atoms with Gasteiger partial charge in [-0.3, -0.25) is 4.79 Å². The van der Waals surface area contributed by atoms with Crippen LogP contribution in [-0.4, -0.2) is 5.78 Å². The molecule has 0 heterocycles. The topological polar surface area (TPSA) is 17.1 Å². The molecular formula is C32H38O. The van der Waals surface area contributed by atoms with E-state index in [9.17, 15) is 4.79 Å². The fourth-order valence-corrected chi connectivity index (χ4v) is 5.12. The lowest BCUT2D eigenvalue weighted by Crippen LogP contribution is -2.21. The van der Waals surface area contributed by atoms with Crippen LogP contribution in [0.2, 0.25) is 0 Å². The average molecular weight is 439 g/mol. The van der Waals surface area contributed by atoms with E-state index < -0.39 is 0 Å². The molecule has 2 aromatic carbocycles. The van der Waals surface area contributed by atoms with Crippen molar-refractivity contribution in [3.63, 3.8) is 0 Å². The van der Waals surface area contributed by atoms with Crippen molar-refractivity contribution in [3.8, 4) is 0 Å². The van der Waals surface area contributed by atoms with Gasteiger partial charge >= 0.3 is 0 Å². The van der Waals surface area contributed by atoms with Gasteiger partial charge in [-0.2, -0.15) is 0 Å². The highest BCUT2D eigenvalue weighted by Gasteiger charge is 2.25. The van der Waals surface area contributed by atoms with Crippen molar-refractivity contribution in [3.05, 3.63) is 119 Å². The molecule has 0 spiro atoms. The molecule has 0 aromatic heterocycles. The molecule has 172 valence electrons. The van der Waals surface area contributed by atoms with Gasteiger partial charge in [0.2, 0.25) is 0 Å². The van der Waals surface area contributed by atoms with E-state index in [2.05, 4.69) is 69.0 Å². The highest BCUT2D eigenvalue weighted by Crippen LogP contribution is 2.35. The summed E-state index contributed by atoms with van der Waals surface area (Å²) in [5, 5.41) is 0. The van der Waals surface area contributed by atoms with Gasteiger partial charge in [0.1, 0.15) is 0 Å². The van der Waals surface area contributed by atoms with Gasteiger partial charge in [0.15, 0.2) is 5.78 Å². The zero-order valence-corrected chi connectivity index (χ0v) is 20.1. The number of allylic oxidation sites excluding steroid dienone is 7. The third kappa shape index (κ3) is 6.11. The van der Waals surface area contributed by atoms with Crippen LogP contribution in [0.25, 0.3) is 0 Å². The first-order chi connectivity index (χ1) is 16.0. The standard InChI is InChI=1S/C32H36O.H2/c1-23-9-15-29(16-10-23)30-17-12-27(13-18-30)21-24(2)11-14-28-19-20-32(33)31(25(28)3)22-26-7-5-4-6-8-26;/h4-8,11-14,17-20,23,29,31H,3,9-10,15-16,21-22H2,1-2H3;1H/b24-11+,28-14-;. The van der Waals surface area contributed by atoms with Crippen molar-refractivity contribution in [2.75, 3.05) is 0 Å². The molecule has 0 aliphatic heterocycles. The molecule has 1 atom stereocenters. The molecule has 1 saturated carbocycles. The maximum atomic E-state index is 12.5. The van der Waals surface area contributed by atoms with Crippen molar-refractivity contribution in [1.82, 2.24) is 0 Å². The van der Waals surface area contributed by atoms with Gasteiger partial charge in [-0.1, -0.05) is 105 Å². The molecule has 0 saturated heterocycles. The Labute approximate surface area is 201 Å². The van der Waals surface area contributed by atoms with E-state index in [1.807, 2.05) is 24.3 Å². The fraction of sp³-hybridized carbons (Fsp3) is 0.344. The molecule has 4 rings (SSSR count). The van der Waals surface area contributed by atoms with Crippen LogP contribution in [0, 0.1) is 11.8 Å². The Morgan fingerprint density at radius 2 is 1.67 bits per heavy atom. The normalized spacial score (nSPS) is 25.0. The molecule has 2 aromatic rings. The van der Waals surface area contributed by atoms with Crippen LogP contribution in [0.4, 0.5) is 0 Å². The minimum atomic E-state index is -0.173. The fourth-order valence-electron chi connectivity index (χ4n) is 5.12. The van der Waals surface area contributed by atoms with Gasteiger partial charge in [-0.05, 0) is 78.4 Å². The van der Waals surface area contributed by atoms with Crippen molar-refractivity contribution in [1.29, 1.82) is 0 Å². The van der Waals surface area contributed by atoms with E-state index in [-0.39, 0.29) is 13.1 Å². The third-order valence-electron chi connectivity index (χ3n) is 7.34. The average Bonchev–Trinajstić information content (AvgIpc) is 2.83. The van der Waals surface area contributed by atoms with Gasteiger partial charge in [0.25, 0.3) is 0 Å². The first-order valence-corrected chi connectivity index (χ1v) is 12.4. The Morgan fingerprint density at radius 3 is 2.36 bits per heavy atom. The quantitative estimate of drug-likeness (QED) is 0.444. The summed E-state index contributed by atoms with van der Waals surface area (Å²) in [6.45, 7) is 8.83. The Morgan fingerprint density at radius 1 is 0.970 bits per heavy atom. The number of hydrogen-bond acceptors (Lipinski definition) is 1. The highest BCUT2D eigenvalue weighted by atomic mass is 16.1. The van der Waals surface area contributed by atoms with Gasteiger partial charge in [0, 0.05) is 1.43 Å². The first-order valence-electron chi connectivity index (χ1n) is 12.4. The monoisotopic (exact) mass is 438 g/mol. The van der Waals surface area contributed by atoms with Crippen LogP contribution in [0.3, 0.4) is 0 Å². The van der Waals surface area contributed by atoms with Crippen LogP contribution in [-0.2, 0) is 17.6 Å². The Hall–Kier alpha value is -2.93. The molecule has 1 fully saturated rings. The smallest absolute Gasteiger partial charge is 0.163 e. The van der Waals surface area contributed by atoms with Gasteiger partial charge in [-0.15, -0.1) is 0 Å². The molecule has 0 radical (unpaired) electrons. The van der Waals surface area contributed by atoms with Gasteiger partial charge < -0.3 is 0 Å². The first kappa shape index (κ1) is 23.2. The lowest BCUT2D eigenvalue weighted by Gasteiger charge is -2.26. The van der Waals surface area contributed by atoms with E-state index in [0.29, 0.717) is 6.42 Å². The number of carbonyl (C=O) groups is 1. The maximum Gasteiger partial charge on any atom is 0.163 e. The number of hydrogen-bond donors (Lipinski definition) is 0. The van der Waals surface area contributed by atoms with E-state index in [1.54, 1.807) is 6.08 Å². The Balaban J connectivity index is 0.00000324. The van der Waals surface area contributed by atoms with Crippen molar-refractivity contribution >= 4 is 5.78 Å². The number of carbonyl (C=O) groups excluding carboxylic acids is 1. The van der Waals surface area contributed by atoms with Gasteiger partial charge in [-0.25, -0.2) is 0 Å². The summed E-state index contributed by atoms with van der Waals surface area (Å²) in [7, 11) is 0. The predicted octanol–water partition coefficient (Wildman–Crippen LogP) is 8.20. The third-order valence-corrected chi connectivity index (χ3v) is 7.34. The zero-order chi connectivity index (χ0) is 23.2. The number of rotatable bonds is 6.